The molecule has 318 valence electrons. The molecule has 0 bridgehead atoms. The maximum absolute atomic E-state index is 12.7. The Morgan fingerprint density at radius 1 is 0.352 bits per heavy atom. The Bertz CT molecular complexity index is 839. The van der Waals surface area contributed by atoms with Gasteiger partial charge in [0.05, 0.1) is 0 Å². The van der Waals surface area contributed by atoms with Crippen molar-refractivity contribution in [3.8, 4) is 0 Å². The summed E-state index contributed by atoms with van der Waals surface area (Å²) in [6, 6.07) is 0. The number of esters is 3. The summed E-state index contributed by atoms with van der Waals surface area (Å²) in [6.45, 7) is 6.60. The molecule has 0 radical (unpaired) electrons. The number of carbonyl (C=O) groups excluding carboxylic acids is 3. The maximum Gasteiger partial charge on any atom is 0.306 e. The molecule has 0 fully saturated rings. The predicted octanol–water partition coefficient (Wildman–Crippen LogP) is 15.0. The van der Waals surface area contributed by atoms with Gasteiger partial charge in [-0.1, -0.05) is 213 Å². The highest BCUT2D eigenvalue weighted by atomic mass is 16.6. The summed E-state index contributed by atoms with van der Waals surface area (Å²) in [5.74, 6) is -0.873. The van der Waals surface area contributed by atoms with Crippen LogP contribution in [0, 0.1) is 0 Å². The standard InChI is InChI=1S/C48H90O6/c1-4-7-10-13-16-19-22-24-25-27-29-32-35-38-41-47(50)53-44-45(43-52-46(49)40-37-34-31-28-21-18-15-12-9-6-3)54-48(51)42-39-36-33-30-26-23-20-17-14-11-8-5-2/h15,18,45H,4-14,16-17,19-44H2,1-3H3/b18-15-. The second-order valence-electron chi connectivity index (χ2n) is 16.0. The molecule has 1 unspecified atom stereocenters. The van der Waals surface area contributed by atoms with Crippen LogP contribution < -0.4 is 0 Å². The Morgan fingerprint density at radius 3 is 0.981 bits per heavy atom. The van der Waals surface area contributed by atoms with Gasteiger partial charge < -0.3 is 14.2 Å². The first-order valence-corrected chi connectivity index (χ1v) is 23.7. The number of rotatable bonds is 43. The van der Waals surface area contributed by atoms with E-state index >= 15 is 0 Å². The lowest BCUT2D eigenvalue weighted by Crippen LogP contribution is -2.30. The van der Waals surface area contributed by atoms with E-state index in [9.17, 15) is 14.4 Å². The van der Waals surface area contributed by atoms with Gasteiger partial charge in [-0.3, -0.25) is 14.4 Å². The van der Waals surface area contributed by atoms with Crippen molar-refractivity contribution in [3.05, 3.63) is 12.2 Å². The minimum Gasteiger partial charge on any atom is -0.462 e. The molecule has 0 aromatic rings. The Balaban J connectivity index is 4.32. The molecule has 0 amide bonds. The molecule has 54 heavy (non-hydrogen) atoms. The van der Waals surface area contributed by atoms with Crippen LogP contribution in [-0.4, -0.2) is 37.2 Å². The van der Waals surface area contributed by atoms with E-state index in [1.807, 2.05) is 0 Å². The number of ether oxygens (including phenoxy) is 3. The number of allylic oxidation sites excluding steroid dienone is 2. The van der Waals surface area contributed by atoms with E-state index in [4.69, 9.17) is 14.2 Å². The predicted molar refractivity (Wildman–Crippen MR) is 229 cm³/mol. The van der Waals surface area contributed by atoms with Crippen LogP contribution in [0.3, 0.4) is 0 Å². The molecule has 0 saturated carbocycles. The third-order valence-corrected chi connectivity index (χ3v) is 10.5. The fourth-order valence-electron chi connectivity index (χ4n) is 6.89. The topological polar surface area (TPSA) is 78.9 Å². The molecule has 0 aromatic carbocycles. The van der Waals surface area contributed by atoms with E-state index in [1.54, 1.807) is 0 Å². The molecule has 1 atom stereocenters. The van der Waals surface area contributed by atoms with Crippen LogP contribution >= 0.6 is 0 Å². The summed E-state index contributed by atoms with van der Waals surface area (Å²) in [4.78, 5) is 37.7. The average Bonchev–Trinajstić information content (AvgIpc) is 3.17. The van der Waals surface area contributed by atoms with Crippen molar-refractivity contribution in [2.75, 3.05) is 13.2 Å². The van der Waals surface area contributed by atoms with Crippen molar-refractivity contribution in [1.29, 1.82) is 0 Å². The van der Waals surface area contributed by atoms with Gasteiger partial charge in [0.15, 0.2) is 6.10 Å². The van der Waals surface area contributed by atoms with Crippen molar-refractivity contribution in [2.24, 2.45) is 0 Å². The molecule has 6 nitrogen and oxygen atoms in total. The highest BCUT2D eigenvalue weighted by Crippen LogP contribution is 2.16. The van der Waals surface area contributed by atoms with Crippen LogP contribution in [0.15, 0.2) is 12.2 Å². The zero-order chi connectivity index (χ0) is 39.4. The molecular weight excluding hydrogens is 673 g/mol. The first-order valence-electron chi connectivity index (χ1n) is 23.7. The fraction of sp³-hybridized carbons (Fsp3) is 0.896. The molecule has 6 heteroatoms. The average molecular weight is 763 g/mol. The van der Waals surface area contributed by atoms with Gasteiger partial charge in [-0.15, -0.1) is 0 Å². The van der Waals surface area contributed by atoms with E-state index in [1.165, 1.54) is 141 Å². The number of carbonyl (C=O) groups is 3. The van der Waals surface area contributed by atoms with Crippen LogP contribution in [0.4, 0.5) is 0 Å². The lowest BCUT2D eigenvalue weighted by Gasteiger charge is -2.18. The van der Waals surface area contributed by atoms with Gasteiger partial charge in [-0.05, 0) is 38.5 Å². The first kappa shape index (κ1) is 52.2. The summed E-state index contributed by atoms with van der Waals surface area (Å²) < 4.78 is 16.7. The first-order chi connectivity index (χ1) is 26.5. The monoisotopic (exact) mass is 763 g/mol. The largest absolute Gasteiger partial charge is 0.462 e. The second kappa shape index (κ2) is 43.9. The zero-order valence-corrected chi connectivity index (χ0v) is 36.3. The fourth-order valence-corrected chi connectivity index (χ4v) is 6.89. The molecule has 0 aliphatic rings. The van der Waals surface area contributed by atoms with Gasteiger partial charge in [0.1, 0.15) is 13.2 Å². The lowest BCUT2D eigenvalue weighted by molar-refractivity contribution is -0.167. The van der Waals surface area contributed by atoms with E-state index < -0.39 is 6.10 Å². The van der Waals surface area contributed by atoms with Crippen molar-refractivity contribution >= 4 is 17.9 Å². The van der Waals surface area contributed by atoms with E-state index in [-0.39, 0.29) is 31.1 Å². The van der Waals surface area contributed by atoms with Crippen LogP contribution in [0.25, 0.3) is 0 Å². The van der Waals surface area contributed by atoms with Crippen molar-refractivity contribution < 1.29 is 28.6 Å². The molecule has 0 aliphatic carbocycles. The summed E-state index contributed by atoms with van der Waals surface area (Å²) >= 11 is 0. The quantitative estimate of drug-likeness (QED) is 0.0266. The molecular formula is C48H90O6. The minimum absolute atomic E-state index is 0.0688. The van der Waals surface area contributed by atoms with E-state index in [0.29, 0.717) is 19.3 Å². The van der Waals surface area contributed by atoms with Gasteiger partial charge in [-0.25, -0.2) is 0 Å². The van der Waals surface area contributed by atoms with Crippen LogP contribution in [0.2, 0.25) is 0 Å². The Kier molecular flexibility index (Phi) is 42.4. The summed E-state index contributed by atoms with van der Waals surface area (Å²) in [6.07, 6.45) is 46.2. The van der Waals surface area contributed by atoms with Gasteiger partial charge in [0.25, 0.3) is 0 Å². The van der Waals surface area contributed by atoms with Gasteiger partial charge in [0.2, 0.25) is 0 Å². The molecule has 0 heterocycles. The number of hydrogen-bond acceptors (Lipinski definition) is 6. The van der Waals surface area contributed by atoms with Gasteiger partial charge in [0, 0.05) is 19.3 Å². The van der Waals surface area contributed by atoms with Gasteiger partial charge >= 0.3 is 17.9 Å². The van der Waals surface area contributed by atoms with E-state index in [2.05, 4.69) is 32.9 Å². The van der Waals surface area contributed by atoms with Crippen molar-refractivity contribution in [1.82, 2.24) is 0 Å². The Labute approximate surface area is 335 Å². The normalized spacial score (nSPS) is 12.0. The van der Waals surface area contributed by atoms with Gasteiger partial charge in [-0.2, -0.15) is 0 Å². The SMILES string of the molecule is CCCC/C=C\CCCCCCC(=O)OCC(COC(=O)CCCCCCCCCCCCCCCC)OC(=O)CCCCCCCCCCCCCC. The molecule has 0 N–H and O–H groups in total. The molecule has 0 aromatic heterocycles. The van der Waals surface area contributed by atoms with Crippen LogP contribution in [-0.2, 0) is 28.6 Å². The number of unbranched alkanes of at least 4 members (excludes halogenated alkanes) is 30. The zero-order valence-electron chi connectivity index (χ0n) is 36.3. The molecule has 0 spiro atoms. The summed E-state index contributed by atoms with van der Waals surface area (Å²) in [7, 11) is 0. The lowest BCUT2D eigenvalue weighted by atomic mass is 10.0. The van der Waals surface area contributed by atoms with Crippen LogP contribution in [0.1, 0.15) is 258 Å². The van der Waals surface area contributed by atoms with Crippen molar-refractivity contribution in [3.63, 3.8) is 0 Å². The summed E-state index contributed by atoms with van der Waals surface area (Å²) in [5.41, 5.74) is 0. The molecule has 0 saturated heterocycles. The maximum atomic E-state index is 12.7. The highest BCUT2D eigenvalue weighted by molar-refractivity contribution is 5.71. The highest BCUT2D eigenvalue weighted by Gasteiger charge is 2.19. The third kappa shape index (κ3) is 41.3. The smallest absolute Gasteiger partial charge is 0.306 e. The summed E-state index contributed by atoms with van der Waals surface area (Å²) in [5, 5.41) is 0. The minimum atomic E-state index is -0.765. The molecule has 0 aliphatic heterocycles. The van der Waals surface area contributed by atoms with E-state index in [0.717, 1.165) is 77.0 Å². The molecule has 0 rings (SSSR count). The van der Waals surface area contributed by atoms with Crippen LogP contribution in [0.5, 0.6) is 0 Å². The number of hydrogen-bond donors (Lipinski definition) is 0. The Morgan fingerprint density at radius 2 is 0.630 bits per heavy atom. The third-order valence-electron chi connectivity index (χ3n) is 10.5. The second-order valence-corrected chi connectivity index (χ2v) is 16.0. The van der Waals surface area contributed by atoms with Crippen molar-refractivity contribution in [2.45, 2.75) is 264 Å². The Hall–Kier alpha value is -1.85.